The number of anilines is 1. The third-order valence-corrected chi connectivity index (χ3v) is 5.16. The summed E-state index contributed by atoms with van der Waals surface area (Å²) in [4.78, 5) is 11.9. The average molecular weight is 454 g/mol. The topological polar surface area (TPSA) is 117 Å². The van der Waals surface area contributed by atoms with Gasteiger partial charge in [-0.2, -0.15) is 13.2 Å². The average Bonchev–Trinajstić information content (AvgIpc) is 2.74. The van der Waals surface area contributed by atoms with E-state index in [0.29, 0.717) is 37.7 Å². The number of piperidine rings is 1. The van der Waals surface area contributed by atoms with Crippen molar-refractivity contribution in [1.82, 2.24) is 15.5 Å². The minimum absolute atomic E-state index is 0.00199. The Morgan fingerprint density at radius 2 is 2.06 bits per heavy atom. The van der Waals surface area contributed by atoms with E-state index in [1.807, 2.05) is 0 Å². The van der Waals surface area contributed by atoms with Gasteiger partial charge >= 0.3 is 12.1 Å². The number of hydrogen-bond acceptors (Lipinski definition) is 8. The van der Waals surface area contributed by atoms with Crippen molar-refractivity contribution < 1.29 is 32.9 Å². The van der Waals surface area contributed by atoms with E-state index in [1.165, 1.54) is 6.92 Å². The van der Waals surface area contributed by atoms with E-state index in [4.69, 9.17) is 9.84 Å². The van der Waals surface area contributed by atoms with Crippen LogP contribution in [0.25, 0.3) is 11.3 Å². The van der Waals surface area contributed by atoms with Crippen molar-refractivity contribution in [2.45, 2.75) is 44.4 Å². The van der Waals surface area contributed by atoms with Gasteiger partial charge in [-0.1, -0.05) is 0 Å². The van der Waals surface area contributed by atoms with Crippen LogP contribution in [-0.4, -0.2) is 58.2 Å². The molecule has 0 spiro atoms. The molecule has 1 aliphatic heterocycles. The van der Waals surface area contributed by atoms with Crippen molar-refractivity contribution in [1.29, 1.82) is 0 Å². The molecule has 8 nitrogen and oxygen atoms in total. The number of nitrogens with zero attached hydrogens (tertiary/aromatic N) is 2. The minimum Gasteiger partial charge on any atom is -0.507 e. The lowest BCUT2D eigenvalue weighted by atomic mass is 10.00. The van der Waals surface area contributed by atoms with Crippen molar-refractivity contribution in [3.63, 3.8) is 0 Å². The number of esters is 1. The smallest absolute Gasteiger partial charge is 0.416 e. The summed E-state index contributed by atoms with van der Waals surface area (Å²) in [5.41, 5.74) is -0.241. The molecule has 11 heteroatoms. The molecule has 2 aromatic rings. The molecule has 2 atom stereocenters. The normalized spacial score (nSPS) is 18.9. The van der Waals surface area contributed by atoms with Crippen LogP contribution in [0.5, 0.6) is 5.75 Å². The summed E-state index contributed by atoms with van der Waals surface area (Å²) in [6, 6.07) is 4.44. The molecular weight excluding hydrogens is 429 g/mol. The molecule has 0 unspecified atom stereocenters. The van der Waals surface area contributed by atoms with Crippen LogP contribution in [0.3, 0.4) is 0 Å². The minimum atomic E-state index is -4.55. The summed E-state index contributed by atoms with van der Waals surface area (Å²) in [7, 11) is 0. The molecule has 1 aromatic carbocycles. The van der Waals surface area contributed by atoms with Gasteiger partial charge in [0.25, 0.3) is 0 Å². The summed E-state index contributed by atoms with van der Waals surface area (Å²) in [6.07, 6.45) is -2.89. The van der Waals surface area contributed by atoms with Crippen molar-refractivity contribution in [3.05, 3.63) is 35.4 Å². The number of hydrogen-bond donors (Lipinski definition) is 4. The summed E-state index contributed by atoms with van der Waals surface area (Å²) in [6.45, 7) is 2.12. The number of phenols is 1. The first-order valence-corrected chi connectivity index (χ1v) is 10.2. The number of ether oxygens (including phenoxy) is 1. The molecule has 2 heterocycles. The summed E-state index contributed by atoms with van der Waals surface area (Å²) >= 11 is 0. The van der Waals surface area contributed by atoms with Gasteiger partial charge in [0.1, 0.15) is 17.6 Å². The number of aliphatic hydroxyl groups excluding tert-OH is 1. The number of carbonyl (C=O) groups is 1. The van der Waals surface area contributed by atoms with E-state index >= 15 is 0 Å². The Morgan fingerprint density at radius 1 is 1.28 bits per heavy atom. The number of aromatic nitrogens is 2. The van der Waals surface area contributed by atoms with Gasteiger partial charge < -0.3 is 25.6 Å². The number of alkyl halides is 3. The standard InChI is InChI=1S/C21H25F3N4O4/c1-12-9-13(21(22,23)24)10-17(30)19(12)15-5-6-18(28-27-15)26-14-3-4-16(25-11-14)20(31)32-8-2-7-29/h5-6,9-10,14,16,25,29-30H,2-4,7-8,11H2,1H3,(H,26,28)/t14-,16+/m1/s1. The number of benzene rings is 1. The summed E-state index contributed by atoms with van der Waals surface area (Å²) < 4.78 is 43.8. The molecule has 1 fully saturated rings. The Kier molecular flexibility index (Phi) is 7.52. The van der Waals surface area contributed by atoms with Crippen molar-refractivity contribution in [2.75, 3.05) is 25.1 Å². The Morgan fingerprint density at radius 3 is 2.62 bits per heavy atom. The van der Waals surface area contributed by atoms with E-state index in [-0.39, 0.29) is 42.0 Å². The van der Waals surface area contributed by atoms with Crippen LogP contribution in [0, 0.1) is 6.92 Å². The van der Waals surface area contributed by atoms with Crippen LogP contribution in [0.4, 0.5) is 19.0 Å². The third-order valence-electron chi connectivity index (χ3n) is 5.16. The van der Waals surface area contributed by atoms with Crippen LogP contribution in [0.15, 0.2) is 24.3 Å². The summed E-state index contributed by atoms with van der Waals surface area (Å²) in [5, 5.41) is 33.3. The first-order valence-electron chi connectivity index (χ1n) is 10.2. The zero-order valence-electron chi connectivity index (χ0n) is 17.4. The summed E-state index contributed by atoms with van der Waals surface area (Å²) in [5.74, 6) is -0.387. The number of aryl methyl sites for hydroxylation is 1. The van der Waals surface area contributed by atoms with Crippen LogP contribution in [0.2, 0.25) is 0 Å². The first kappa shape index (κ1) is 23.7. The third kappa shape index (κ3) is 5.86. The van der Waals surface area contributed by atoms with Gasteiger partial charge in [0.15, 0.2) is 0 Å². The van der Waals surface area contributed by atoms with E-state index in [0.717, 1.165) is 6.07 Å². The maximum atomic E-state index is 12.9. The second-order valence-electron chi connectivity index (χ2n) is 7.61. The highest BCUT2D eigenvalue weighted by atomic mass is 19.4. The molecule has 4 N–H and O–H groups in total. The van der Waals surface area contributed by atoms with Gasteiger partial charge in [-0.3, -0.25) is 4.79 Å². The van der Waals surface area contributed by atoms with Gasteiger partial charge in [0.2, 0.25) is 0 Å². The molecule has 3 rings (SSSR count). The Balaban J connectivity index is 1.59. The molecule has 1 aromatic heterocycles. The van der Waals surface area contributed by atoms with Gasteiger partial charge in [-0.05, 0) is 49.6 Å². The molecule has 1 saturated heterocycles. The lowest BCUT2D eigenvalue weighted by Gasteiger charge is -2.29. The SMILES string of the molecule is Cc1cc(C(F)(F)F)cc(O)c1-c1ccc(N[C@@H]2CC[C@@H](C(=O)OCCCO)NC2)nn1. The number of aromatic hydroxyl groups is 1. The number of phenolic OH excluding ortho intramolecular Hbond substituents is 1. The van der Waals surface area contributed by atoms with Crippen LogP contribution < -0.4 is 10.6 Å². The van der Waals surface area contributed by atoms with E-state index in [1.54, 1.807) is 12.1 Å². The number of nitrogens with one attached hydrogen (secondary N) is 2. The molecular formula is C21H25F3N4O4. The number of aliphatic hydroxyl groups is 1. The fourth-order valence-corrected chi connectivity index (χ4v) is 3.54. The largest absolute Gasteiger partial charge is 0.507 e. The number of rotatable bonds is 7. The van der Waals surface area contributed by atoms with Crippen molar-refractivity contribution >= 4 is 11.8 Å². The van der Waals surface area contributed by atoms with E-state index < -0.39 is 23.5 Å². The fourth-order valence-electron chi connectivity index (χ4n) is 3.54. The van der Waals surface area contributed by atoms with Crippen molar-refractivity contribution in [2.24, 2.45) is 0 Å². The zero-order chi connectivity index (χ0) is 23.3. The lowest BCUT2D eigenvalue weighted by molar-refractivity contribution is -0.147. The highest BCUT2D eigenvalue weighted by molar-refractivity contribution is 5.76. The lowest BCUT2D eigenvalue weighted by Crippen LogP contribution is -2.49. The quantitative estimate of drug-likeness (QED) is 0.373. The molecule has 0 radical (unpaired) electrons. The molecule has 0 amide bonds. The molecule has 1 aliphatic rings. The Hall–Kier alpha value is -2.92. The molecule has 0 saturated carbocycles. The van der Waals surface area contributed by atoms with Gasteiger partial charge in [-0.15, -0.1) is 10.2 Å². The fraction of sp³-hybridized carbons (Fsp3) is 0.476. The maximum absolute atomic E-state index is 12.9. The molecule has 0 bridgehead atoms. The van der Waals surface area contributed by atoms with Gasteiger partial charge in [0.05, 0.1) is 17.9 Å². The van der Waals surface area contributed by atoms with Crippen LogP contribution >= 0.6 is 0 Å². The monoisotopic (exact) mass is 454 g/mol. The van der Waals surface area contributed by atoms with Crippen LogP contribution in [-0.2, 0) is 15.7 Å². The maximum Gasteiger partial charge on any atom is 0.416 e. The Bertz CT molecular complexity index is 907. The van der Waals surface area contributed by atoms with Crippen molar-refractivity contribution in [3.8, 4) is 17.0 Å². The second kappa shape index (κ2) is 10.1. The predicted octanol–water partition coefficient (Wildman–Crippen LogP) is 2.63. The predicted molar refractivity (Wildman–Crippen MR) is 110 cm³/mol. The highest BCUT2D eigenvalue weighted by Crippen LogP contribution is 2.38. The Labute approximate surface area is 182 Å². The van der Waals surface area contributed by atoms with Crippen LogP contribution in [0.1, 0.15) is 30.4 Å². The highest BCUT2D eigenvalue weighted by Gasteiger charge is 2.32. The zero-order valence-corrected chi connectivity index (χ0v) is 17.4. The van der Waals surface area contributed by atoms with Gasteiger partial charge in [-0.25, -0.2) is 0 Å². The van der Waals surface area contributed by atoms with E-state index in [2.05, 4.69) is 20.8 Å². The second-order valence-corrected chi connectivity index (χ2v) is 7.61. The first-order chi connectivity index (χ1) is 15.2. The van der Waals surface area contributed by atoms with Gasteiger partial charge in [0, 0.05) is 31.2 Å². The molecule has 32 heavy (non-hydrogen) atoms. The number of carbonyl (C=O) groups excluding carboxylic acids is 1. The van der Waals surface area contributed by atoms with E-state index in [9.17, 15) is 23.1 Å². The molecule has 174 valence electrons. The molecule has 0 aliphatic carbocycles. The number of halogens is 3.